The van der Waals surface area contributed by atoms with Crippen LogP contribution in [0.4, 0.5) is 0 Å². The molecule has 0 radical (unpaired) electrons. The second-order valence-electron chi connectivity index (χ2n) is 4.30. The quantitative estimate of drug-likeness (QED) is 0.848. The predicted molar refractivity (Wildman–Crippen MR) is 74.3 cm³/mol. The lowest BCUT2D eigenvalue weighted by atomic mass is 10.0. The molecule has 4 heteroatoms. The molecule has 0 aliphatic carbocycles. The molecule has 0 atom stereocenters. The lowest BCUT2D eigenvalue weighted by molar-refractivity contribution is 0.402. The van der Waals surface area contributed by atoms with Gasteiger partial charge >= 0.3 is 0 Å². The number of piperidine rings is 1. The van der Waals surface area contributed by atoms with E-state index >= 15 is 0 Å². The lowest BCUT2D eigenvalue weighted by Crippen LogP contribution is -2.28. The number of halogens is 1. The van der Waals surface area contributed by atoms with Crippen molar-refractivity contribution in [2.75, 3.05) is 26.0 Å². The van der Waals surface area contributed by atoms with Crippen LogP contribution in [0.2, 0.25) is 5.02 Å². The first-order valence-corrected chi connectivity index (χ1v) is 7.33. The third kappa shape index (κ3) is 3.80. The highest BCUT2D eigenvalue weighted by atomic mass is 35.5. The van der Waals surface area contributed by atoms with Crippen molar-refractivity contribution < 1.29 is 4.74 Å². The van der Waals surface area contributed by atoms with Crippen LogP contribution in [0.3, 0.4) is 0 Å². The van der Waals surface area contributed by atoms with Crippen molar-refractivity contribution in [2.24, 2.45) is 5.92 Å². The van der Waals surface area contributed by atoms with Gasteiger partial charge in [0.25, 0.3) is 0 Å². The van der Waals surface area contributed by atoms with Crippen molar-refractivity contribution in [2.45, 2.75) is 17.7 Å². The summed E-state index contributed by atoms with van der Waals surface area (Å²) >= 11 is 7.87. The lowest BCUT2D eigenvalue weighted by Gasteiger charge is -2.22. The Morgan fingerprint density at radius 1 is 1.41 bits per heavy atom. The van der Waals surface area contributed by atoms with Crippen LogP contribution in [0, 0.1) is 5.92 Å². The van der Waals surface area contributed by atoms with Crippen molar-refractivity contribution >= 4 is 23.4 Å². The minimum Gasteiger partial charge on any atom is -0.496 e. The van der Waals surface area contributed by atoms with Gasteiger partial charge in [0.1, 0.15) is 5.75 Å². The van der Waals surface area contributed by atoms with Crippen LogP contribution in [-0.4, -0.2) is 26.0 Å². The first-order valence-electron chi connectivity index (χ1n) is 5.96. The molecule has 1 heterocycles. The van der Waals surface area contributed by atoms with E-state index < -0.39 is 0 Å². The average Bonchev–Trinajstić information content (AvgIpc) is 2.38. The van der Waals surface area contributed by atoms with Gasteiger partial charge in [-0.1, -0.05) is 11.6 Å². The van der Waals surface area contributed by atoms with Crippen molar-refractivity contribution in [1.29, 1.82) is 0 Å². The monoisotopic (exact) mass is 271 g/mol. The van der Waals surface area contributed by atoms with Gasteiger partial charge in [-0.05, 0) is 50.0 Å². The van der Waals surface area contributed by atoms with Gasteiger partial charge in [0.05, 0.1) is 12.0 Å². The maximum Gasteiger partial charge on any atom is 0.132 e. The zero-order valence-corrected chi connectivity index (χ0v) is 11.6. The topological polar surface area (TPSA) is 21.3 Å². The summed E-state index contributed by atoms with van der Waals surface area (Å²) in [5, 5.41) is 4.17. The van der Waals surface area contributed by atoms with Gasteiger partial charge in [-0.3, -0.25) is 0 Å². The molecule has 1 aliphatic heterocycles. The van der Waals surface area contributed by atoms with E-state index in [4.69, 9.17) is 16.3 Å². The summed E-state index contributed by atoms with van der Waals surface area (Å²) in [6.07, 6.45) is 2.55. The summed E-state index contributed by atoms with van der Waals surface area (Å²) in [5.41, 5.74) is 0. The Bertz CT molecular complexity index is 366. The average molecular weight is 272 g/mol. The summed E-state index contributed by atoms with van der Waals surface area (Å²) in [6.45, 7) is 2.30. The minimum atomic E-state index is 0.776. The van der Waals surface area contributed by atoms with Crippen LogP contribution in [0.15, 0.2) is 23.1 Å². The van der Waals surface area contributed by atoms with E-state index in [1.807, 2.05) is 30.0 Å². The Balaban J connectivity index is 1.95. The first-order chi connectivity index (χ1) is 8.29. The van der Waals surface area contributed by atoms with Gasteiger partial charge < -0.3 is 10.1 Å². The van der Waals surface area contributed by atoms with Crippen LogP contribution >= 0.6 is 23.4 Å². The smallest absolute Gasteiger partial charge is 0.132 e. The number of thioether (sulfide) groups is 1. The molecule has 1 aromatic rings. The van der Waals surface area contributed by atoms with Gasteiger partial charge in [-0.25, -0.2) is 0 Å². The van der Waals surface area contributed by atoms with E-state index in [2.05, 4.69) is 5.32 Å². The molecular formula is C13H18ClNOS. The van der Waals surface area contributed by atoms with Crippen LogP contribution in [0.25, 0.3) is 0 Å². The second-order valence-corrected chi connectivity index (χ2v) is 5.80. The Morgan fingerprint density at radius 3 is 2.88 bits per heavy atom. The van der Waals surface area contributed by atoms with Crippen LogP contribution < -0.4 is 10.1 Å². The van der Waals surface area contributed by atoms with Crippen LogP contribution in [0.1, 0.15) is 12.8 Å². The van der Waals surface area contributed by atoms with Gasteiger partial charge in [0.15, 0.2) is 0 Å². The van der Waals surface area contributed by atoms with E-state index in [0.29, 0.717) is 0 Å². The molecule has 0 unspecified atom stereocenters. The molecule has 1 N–H and O–H groups in total. The number of rotatable bonds is 4. The molecular weight excluding hydrogens is 254 g/mol. The van der Waals surface area contributed by atoms with E-state index in [0.717, 1.165) is 40.4 Å². The number of ether oxygens (including phenoxy) is 1. The largest absolute Gasteiger partial charge is 0.496 e. The van der Waals surface area contributed by atoms with E-state index in [9.17, 15) is 0 Å². The molecule has 94 valence electrons. The Labute approximate surface area is 112 Å². The van der Waals surface area contributed by atoms with Crippen molar-refractivity contribution in [3.8, 4) is 5.75 Å². The molecule has 1 aromatic carbocycles. The molecule has 0 saturated carbocycles. The zero-order chi connectivity index (χ0) is 12.1. The Kier molecular flexibility index (Phi) is 5.01. The summed E-state index contributed by atoms with van der Waals surface area (Å²) in [5.74, 6) is 2.89. The third-order valence-electron chi connectivity index (χ3n) is 3.06. The Morgan fingerprint density at radius 2 is 2.18 bits per heavy atom. The SMILES string of the molecule is COc1ccc(Cl)cc1SCC1CCNCC1. The fraction of sp³-hybridized carbons (Fsp3) is 0.538. The fourth-order valence-electron chi connectivity index (χ4n) is 2.02. The first kappa shape index (κ1) is 13.1. The molecule has 2 rings (SSSR count). The number of nitrogens with one attached hydrogen (secondary N) is 1. The molecule has 0 aromatic heterocycles. The van der Waals surface area contributed by atoms with E-state index in [1.54, 1.807) is 7.11 Å². The van der Waals surface area contributed by atoms with E-state index in [-0.39, 0.29) is 0 Å². The molecule has 2 nitrogen and oxygen atoms in total. The second kappa shape index (κ2) is 6.53. The number of hydrogen-bond donors (Lipinski definition) is 1. The number of hydrogen-bond acceptors (Lipinski definition) is 3. The van der Waals surface area contributed by atoms with Crippen molar-refractivity contribution in [3.63, 3.8) is 0 Å². The summed E-state index contributed by atoms with van der Waals surface area (Å²) < 4.78 is 5.35. The summed E-state index contributed by atoms with van der Waals surface area (Å²) in [6, 6.07) is 5.80. The van der Waals surface area contributed by atoms with Crippen molar-refractivity contribution in [1.82, 2.24) is 5.32 Å². The maximum atomic E-state index is 6.02. The summed E-state index contributed by atoms with van der Waals surface area (Å²) in [7, 11) is 1.71. The van der Waals surface area contributed by atoms with Gasteiger partial charge in [-0.15, -0.1) is 11.8 Å². The van der Waals surface area contributed by atoms with Crippen LogP contribution in [0.5, 0.6) is 5.75 Å². The highest BCUT2D eigenvalue weighted by molar-refractivity contribution is 7.99. The van der Waals surface area contributed by atoms with Gasteiger partial charge in [-0.2, -0.15) is 0 Å². The standard InChI is InChI=1S/C13H18ClNOS/c1-16-12-3-2-11(14)8-13(12)17-9-10-4-6-15-7-5-10/h2-3,8,10,15H,4-7,9H2,1H3. The fourth-order valence-corrected chi connectivity index (χ4v) is 3.51. The van der Waals surface area contributed by atoms with Crippen LogP contribution in [-0.2, 0) is 0 Å². The molecule has 17 heavy (non-hydrogen) atoms. The number of benzene rings is 1. The summed E-state index contributed by atoms with van der Waals surface area (Å²) in [4.78, 5) is 1.15. The van der Waals surface area contributed by atoms with Gasteiger partial charge in [0.2, 0.25) is 0 Å². The predicted octanol–water partition coefficient (Wildman–Crippen LogP) is 3.44. The normalized spacial score (nSPS) is 17.1. The highest BCUT2D eigenvalue weighted by Gasteiger charge is 2.14. The third-order valence-corrected chi connectivity index (χ3v) is 4.56. The van der Waals surface area contributed by atoms with E-state index in [1.165, 1.54) is 12.8 Å². The Hall–Kier alpha value is -0.380. The highest BCUT2D eigenvalue weighted by Crippen LogP contribution is 2.34. The molecule has 0 spiro atoms. The molecule has 1 saturated heterocycles. The van der Waals surface area contributed by atoms with Crippen molar-refractivity contribution in [3.05, 3.63) is 23.2 Å². The molecule has 0 bridgehead atoms. The maximum absolute atomic E-state index is 6.02. The number of methoxy groups -OCH3 is 1. The molecule has 1 aliphatic rings. The molecule has 0 amide bonds. The minimum absolute atomic E-state index is 0.776. The van der Waals surface area contributed by atoms with Gasteiger partial charge in [0, 0.05) is 10.8 Å². The zero-order valence-electron chi connectivity index (χ0n) is 10.0. The molecule has 1 fully saturated rings.